The van der Waals surface area contributed by atoms with Crippen molar-refractivity contribution >= 4 is 9.84 Å². The molecule has 2 N–H and O–H groups in total. The minimum atomic E-state index is -3.60. The van der Waals surface area contributed by atoms with Crippen LogP contribution in [0.4, 0.5) is 0 Å². The first-order valence-electron chi connectivity index (χ1n) is 6.75. The molecule has 0 radical (unpaired) electrons. The number of hydrogen-bond donors (Lipinski definition) is 1. The highest BCUT2D eigenvalue weighted by Crippen LogP contribution is 2.35. The van der Waals surface area contributed by atoms with Crippen LogP contribution in [-0.4, -0.2) is 29.2 Å². The molecule has 0 heterocycles. The van der Waals surface area contributed by atoms with Crippen LogP contribution in [0.25, 0.3) is 0 Å². The van der Waals surface area contributed by atoms with Crippen molar-refractivity contribution in [2.75, 3.05) is 20.8 Å². The van der Waals surface area contributed by atoms with E-state index >= 15 is 0 Å². The first-order valence-corrected chi connectivity index (χ1v) is 8.30. The van der Waals surface area contributed by atoms with E-state index in [4.69, 9.17) is 15.2 Å². The van der Waals surface area contributed by atoms with Crippen LogP contribution in [0.2, 0.25) is 0 Å². The third-order valence-electron chi connectivity index (χ3n) is 3.45. The summed E-state index contributed by atoms with van der Waals surface area (Å²) in [6.45, 7) is -0.0417. The highest BCUT2D eigenvalue weighted by molar-refractivity contribution is 7.91. The fourth-order valence-electron chi connectivity index (χ4n) is 2.28. The highest BCUT2D eigenvalue weighted by Gasteiger charge is 2.30. The SMILES string of the molecule is COc1ccc(C(CN)S(=O)(=O)c2ccccc2)c(OC)c1. The lowest BCUT2D eigenvalue weighted by Gasteiger charge is -2.19. The molecule has 2 aromatic rings. The Hall–Kier alpha value is -2.05. The monoisotopic (exact) mass is 321 g/mol. The van der Waals surface area contributed by atoms with Gasteiger partial charge in [0.05, 0.1) is 19.1 Å². The summed E-state index contributed by atoms with van der Waals surface area (Å²) in [5, 5.41) is -0.879. The van der Waals surface area contributed by atoms with Crippen molar-refractivity contribution in [3.8, 4) is 11.5 Å². The van der Waals surface area contributed by atoms with Crippen molar-refractivity contribution < 1.29 is 17.9 Å². The van der Waals surface area contributed by atoms with Gasteiger partial charge < -0.3 is 15.2 Å². The Balaban J connectivity index is 2.53. The average molecular weight is 321 g/mol. The molecule has 0 aliphatic carbocycles. The smallest absolute Gasteiger partial charge is 0.186 e. The summed E-state index contributed by atoms with van der Waals surface area (Å²) in [4.78, 5) is 0.239. The van der Waals surface area contributed by atoms with Crippen LogP contribution in [0.1, 0.15) is 10.8 Å². The number of sulfone groups is 1. The van der Waals surface area contributed by atoms with E-state index in [2.05, 4.69) is 0 Å². The third-order valence-corrected chi connectivity index (χ3v) is 5.57. The molecule has 2 rings (SSSR count). The topological polar surface area (TPSA) is 78.6 Å². The third kappa shape index (κ3) is 3.08. The van der Waals surface area contributed by atoms with Crippen molar-refractivity contribution in [1.29, 1.82) is 0 Å². The Morgan fingerprint density at radius 1 is 1.05 bits per heavy atom. The summed E-state index contributed by atoms with van der Waals surface area (Å²) in [6, 6.07) is 13.3. The van der Waals surface area contributed by atoms with Crippen LogP contribution in [0, 0.1) is 0 Å². The van der Waals surface area contributed by atoms with E-state index in [9.17, 15) is 8.42 Å². The molecule has 0 spiro atoms. The fraction of sp³-hybridized carbons (Fsp3) is 0.250. The molecule has 0 fully saturated rings. The number of hydrogen-bond acceptors (Lipinski definition) is 5. The van der Waals surface area contributed by atoms with Gasteiger partial charge in [0.2, 0.25) is 0 Å². The minimum Gasteiger partial charge on any atom is -0.497 e. The lowest BCUT2D eigenvalue weighted by atomic mass is 10.1. The van der Waals surface area contributed by atoms with Gasteiger partial charge in [-0.3, -0.25) is 0 Å². The molecule has 5 nitrogen and oxygen atoms in total. The van der Waals surface area contributed by atoms with Crippen molar-refractivity contribution in [1.82, 2.24) is 0 Å². The first-order chi connectivity index (χ1) is 10.5. The maximum atomic E-state index is 12.8. The van der Waals surface area contributed by atoms with Crippen LogP contribution >= 0.6 is 0 Å². The number of ether oxygens (including phenoxy) is 2. The van der Waals surface area contributed by atoms with E-state index in [-0.39, 0.29) is 11.4 Å². The van der Waals surface area contributed by atoms with Crippen molar-refractivity contribution in [3.63, 3.8) is 0 Å². The molecule has 0 bridgehead atoms. The normalized spacial score (nSPS) is 12.7. The number of methoxy groups -OCH3 is 2. The Morgan fingerprint density at radius 2 is 1.73 bits per heavy atom. The molecule has 6 heteroatoms. The number of nitrogens with two attached hydrogens (primary N) is 1. The van der Waals surface area contributed by atoms with Gasteiger partial charge >= 0.3 is 0 Å². The second kappa shape index (κ2) is 6.81. The molecule has 0 saturated heterocycles. The Morgan fingerprint density at radius 3 is 2.27 bits per heavy atom. The zero-order valence-electron chi connectivity index (χ0n) is 12.5. The quantitative estimate of drug-likeness (QED) is 0.882. The van der Waals surface area contributed by atoms with Gasteiger partial charge in [0.1, 0.15) is 16.7 Å². The molecule has 0 aliphatic rings. The van der Waals surface area contributed by atoms with Crippen LogP contribution in [0.15, 0.2) is 53.4 Å². The Kier molecular flexibility index (Phi) is 5.05. The Labute approximate surface area is 130 Å². The van der Waals surface area contributed by atoms with Gasteiger partial charge in [0.15, 0.2) is 9.84 Å². The van der Waals surface area contributed by atoms with Gasteiger partial charge in [-0.25, -0.2) is 8.42 Å². The van der Waals surface area contributed by atoms with Gasteiger partial charge in [0.25, 0.3) is 0 Å². The largest absolute Gasteiger partial charge is 0.497 e. The zero-order chi connectivity index (χ0) is 16.2. The highest BCUT2D eigenvalue weighted by atomic mass is 32.2. The molecule has 2 aromatic carbocycles. The summed E-state index contributed by atoms with van der Waals surface area (Å²) in [7, 11) is -0.578. The molecule has 1 atom stereocenters. The Bertz CT molecular complexity index is 729. The van der Waals surface area contributed by atoms with E-state index in [1.165, 1.54) is 14.2 Å². The summed E-state index contributed by atoms with van der Waals surface area (Å²) < 4.78 is 36.1. The molecular weight excluding hydrogens is 302 g/mol. The van der Waals surface area contributed by atoms with Crippen LogP contribution in [0.3, 0.4) is 0 Å². The number of benzene rings is 2. The molecule has 0 aliphatic heterocycles. The lowest BCUT2D eigenvalue weighted by molar-refractivity contribution is 0.390. The maximum Gasteiger partial charge on any atom is 0.186 e. The zero-order valence-corrected chi connectivity index (χ0v) is 13.3. The van der Waals surface area contributed by atoms with Crippen molar-refractivity contribution in [3.05, 3.63) is 54.1 Å². The van der Waals surface area contributed by atoms with Gasteiger partial charge in [0, 0.05) is 18.2 Å². The van der Waals surface area contributed by atoms with Crippen molar-refractivity contribution in [2.45, 2.75) is 10.1 Å². The van der Waals surface area contributed by atoms with E-state index in [1.807, 2.05) is 0 Å². The minimum absolute atomic E-state index is 0.0417. The van der Waals surface area contributed by atoms with Crippen LogP contribution < -0.4 is 15.2 Å². The predicted molar refractivity (Wildman–Crippen MR) is 85.0 cm³/mol. The average Bonchev–Trinajstić information content (AvgIpc) is 2.56. The summed E-state index contributed by atoms with van der Waals surface area (Å²) in [5.41, 5.74) is 6.28. The molecule has 118 valence electrons. The second-order valence-electron chi connectivity index (χ2n) is 4.69. The lowest BCUT2D eigenvalue weighted by Crippen LogP contribution is -2.22. The van der Waals surface area contributed by atoms with E-state index in [0.29, 0.717) is 17.1 Å². The van der Waals surface area contributed by atoms with Gasteiger partial charge in [-0.1, -0.05) is 24.3 Å². The summed E-state index contributed by atoms with van der Waals surface area (Å²) in [5.74, 6) is 1.03. The molecule has 0 saturated carbocycles. The maximum absolute atomic E-state index is 12.8. The van der Waals surface area contributed by atoms with Crippen LogP contribution in [-0.2, 0) is 9.84 Å². The molecule has 1 unspecified atom stereocenters. The predicted octanol–water partition coefficient (Wildman–Crippen LogP) is 2.18. The van der Waals surface area contributed by atoms with E-state index in [1.54, 1.807) is 48.5 Å². The van der Waals surface area contributed by atoms with Crippen molar-refractivity contribution in [2.24, 2.45) is 5.73 Å². The standard InChI is InChI=1S/C16H19NO4S/c1-20-12-8-9-14(15(10-12)21-2)16(11-17)22(18,19)13-6-4-3-5-7-13/h3-10,16H,11,17H2,1-2H3. The second-order valence-corrected chi connectivity index (χ2v) is 6.82. The fourth-order valence-corrected chi connectivity index (χ4v) is 3.93. The van der Waals surface area contributed by atoms with E-state index in [0.717, 1.165) is 0 Å². The van der Waals surface area contributed by atoms with Gasteiger partial charge in [-0.2, -0.15) is 0 Å². The number of rotatable bonds is 6. The van der Waals surface area contributed by atoms with Gasteiger partial charge in [-0.05, 0) is 18.2 Å². The molecule has 0 amide bonds. The van der Waals surface area contributed by atoms with Crippen LogP contribution in [0.5, 0.6) is 11.5 Å². The molecule has 0 aromatic heterocycles. The molecule has 22 heavy (non-hydrogen) atoms. The van der Waals surface area contributed by atoms with E-state index < -0.39 is 15.1 Å². The molecular formula is C16H19NO4S. The summed E-state index contributed by atoms with van der Waals surface area (Å²) >= 11 is 0. The van der Waals surface area contributed by atoms with Gasteiger partial charge in [-0.15, -0.1) is 0 Å². The summed E-state index contributed by atoms with van der Waals surface area (Å²) in [6.07, 6.45) is 0. The first kappa shape index (κ1) is 16.3.